The first-order chi connectivity index (χ1) is 5.97. The normalized spacial score (nSPS) is 16.1. The Kier molecular flexibility index (Phi) is 3.58. The third-order valence-corrected chi connectivity index (χ3v) is 6.47. The van der Waals surface area contributed by atoms with Crippen molar-refractivity contribution < 1.29 is 28.2 Å². The van der Waals surface area contributed by atoms with Gasteiger partial charge in [0, 0.05) is 0 Å². The monoisotopic (exact) mass is 373 g/mol. The van der Waals surface area contributed by atoms with Crippen LogP contribution in [0.25, 0.3) is 0 Å². The van der Waals surface area contributed by atoms with Gasteiger partial charge >= 0.3 is 87.2 Å². The molecule has 0 radical (unpaired) electrons. The zero-order chi connectivity index (χ0) is 10.1. The molecule has 0 saturated carbocycles. The first-order valence-corrected chi connectivity index (χ1v) is 9.29. The molecule has 1 N–H and O–H groups in total. The van der Waals surface area contributed by atoms with Crippen LogP contribution < -0.4 is 5.44 Å². The zero-order valence-electron chi connectivity index (χ0n) is 7.71. The summed E-state index contributed by atoms with van der Waals surface area (Å²) in [4.78, 5) is 9.80. The van der Waals surface area contributed by atoms with Crippen LogP contribution in [0.4, 0.5) is 0 Å². The van der Waals surface area contributed by atoms with E-state index < -0.39 is 5.35 Å². The van der Waals surface area contributed by atoms with Crippen LogP contribution in [-0.2, 0) is 23.3 Å². The minimum atomic E-state index is -2.41. The molecule has 1 aromatic rings. The Morgan fingerprint density at radius 3 is 2.69 bits per heavy atom. The quantitative estimate of drug-likeness (QED) is 0.782. The van der Waals surface area contributed by atoms with Crippen molar-refractivity contribution in [1.29, 1.82) is 0 Å². The maximum atomic E-state index is 9.80. The van der Waals surface area contributed by atoms with E-state index in [4.69, 9.17) is 4.52 Å². The van der Waals surface area contributed by atoms with Gasteiger partial charge in [-0.1, -0.05) is 0 Å². The molecule has 0 aliphatic carbocycles. The third-order valence-electron chi connectivity index (χ3n) is 1.56. The van der Waals surface area contributed by atoms with Gasteiger partial charge in [-0.3, -0.25) is 0 Å². The second-order valence-electron chi connectivity index (χ2n) is 2.85. The van der Waals surface area contributed by atoms with Gasteiger partial charge in [0.25, 0.3) is 0 Å². The van der Waals surface area contributed by atoms with Gasteiger partial charge in [0.2, 0.25) is 0 Å². The summed E-state index contributed by atoms with van der Waals surface area (Å²) in [6.07, 6.45) is 1.74. The molecule has 1 unspecified atom stereocenters. The first kappa shape index (κ1) is 11.3. The minimum absolute atomic E-state index is 0.258. The second-order valence-corrected chi connectivity index (χ2v) is 10.1. The van der Waals surface area contributed by atoms with E-state index in [1.807, 2.05) is 13.8 Å². The Morgan fingerprint density at radius 2 is 2.31 bits per heavy atom. The van der Waals surface area contributed by atoms with Gasteiger partial charge in [-0.2, -0.15) is 0 Å². The molecule has 0 fully saturated rings. The fourth-order valence-electron chi connectivity index (χ4n) is 0.743. The topological polar surface area (TPSA) is 60.2 Å². The van der Waals surface area contributed by atoms with Crippen LogP contribution in [0.5, 0.6) is 0 Å². The molecule has 1 heterocycles. The van der Waals surface area contributed by atoms with Crippen molar-refractivity contribution in [3.8, 4) is 0 Å². The number of rotatable bonds is 3. The maximum absolute atomic E-state index is 9.80. The van der Waals surface area contributed by atoms with Crippen LogP contribution in [0.2, 0.25) is 0 Å². The standard InChI is InChI=1S/C6H12N3O2P.W/c1-5(2)9-4-6(7-8-9)12(10)11-3;/h4-5,10H,1-3H3;. The van der Waals surface area contributed by atoms with Crippen molar-refractivity contribution in [3.05, 3.63) is 6.20 Å². The molecule has 0 spiro atoms. The predicted octanol–water partition coefficient (Wildman–Crippen LogP) is 0.432. The average molecular weight is 373 g/mol. The molecule has 5 nitrogen and oxygen atoms in total. The molecule has 0 amide bonds. The van der Waals surface area contributed by atoms with Gasteiger partial charge in [-0.25, -0.2) is 0 Å². The summed E-state index contributed by atoms with van der Waals surface area (Å²) >= 11 is 1.00. The Bertz CT molecular complexity index is 338. The van der Waals surface area contributed by atoms with Gasteiger partial charge in [-0.05, 0) is 0 Å². The van der Waals surface area contributed by atoms with E-state index in [1.165, 1.54) is 7.11 Å². The van der Waals surface area contributed by atoms with E-state index in [1.54, 1.807) is 10.9 Å². The molecule has 13 heavy (non-hydrogen) atoms. The van der Waals surface area contributed by atoms with Gasteiger partial charge in [0.1, 0.15) is 0 Å². The van der Waals surface area contributed by atoms with Crippen LogP contribution in [0.1, 0.15) is 19.9 Å². The second kappa shape index (κ2) is 4.14. The summed E-state index contributed by atoms with van der Waals surface area (Å²) in [6, 6.07) is 0.258. The third kappa shape index (κ3) is 2.56. The predicted molar refractivity (Wildman–Crippen MR) is 46.2 cm³/mol. The van der Waals surface area contributed by atoms with Crippen LogP contribution in [-0.4, -0.2) is 27.0 Å². The van der Waals surface area contributed by atoms with Crippen molar-refractivity contribution in [3.63, 3.8) is 0 Å². The average Bonchev–Trinajstić information content (AvgIpc) is 2.52. The van der Waals surface area contributed by atoms with Gasteiger partial charge in [0.05, 0.1) is 0 Å². The number of aromatic nitrogens is 3. The SMILES string of the molecule is CO[P](O)(=[W])c1cn(C(C)C)nn1. The Labute approximate surface area is 87.4 Å². The van der Waals surface area contributed by atoms with Crippen molar-refractivity contribution in [2.45, 2.75) is 19.9 Å². The molecule has 7 heteroatoms. The molecule has 0 saturated heterocycles. The zero-order valence-corrected chi connectivity index (χ0v) is 11.5. The van der Waals surface area contributed by atoms with Gasteiger partial charge < -0.3 is 0 Å². The van der Waals surface area contributed by atoms with E-state index in [0.717, 1.165) is 18.8 Å². The summed E-state index contributed by atoms with van der Waals surface area (Å²) < 4.78 is 6.72. The van der Waals surface area contributed by atoms with Crippen molar-refractivity contribution >= 4 is 10.8 Å². The van der Waals surface area contributed by atoms with Crippen LogP contribution in [0.15, 0.2) is 6.20 Å². The van der Waals surface area contributed by atoms with E-state index in [0.29, 0.717) is 5.44 Å². The van der Waals surface area contributed by atoms with Crippen molar-refractivity contribution in [1.82, 2.24) is 15.0 Å². The number of hydrogen-bond acceptors (Lipinski definition) is 4. The summed E-state index contributed by atoms with van der Waals surface area (Å²) in [5, 5.41) is 5.38. The number of hydrogen-bond donors (Lipinski definition) is 1. The fraction of sp³-hybridized carbons (Fsp3) is 0.667. The molecule has 0 aliphatic rings. The van der Waals surface area contributed by atoms with Crippen LogP contribution in [0, 0.1) is 0 Å². The van der Waals surface area contributed by atoms with Gasteiger partial charge in [-0.15, -0.1) is 0 Å². The van der Waals surface area contributed by atoms with E-state index in [9.17, 15) is 4.89 Å². The summed E-state index contributed by atoms with van der Waals surface area (Å²) in [5.74, 6) is 0. The Morgan fingerprint density at radius 1 is 1.69 bits per heavy atom. The molecule has 0 bridgehead atoms. The molecule has 0 aromatic carbocycles. The Hall–Kier alpha value is 0.178. The van der Waals surface area contributed by atoms with Crippen molar-refractivity contribution in [2.75, 3.05) is 7.11 Å². The molecule has 74 valence electrons. The number of nitrogens with zero attached hydrogens (tertiary/aromatic N) is 3. The summed E-state index contributed by atoms with van der Waals surface area (Å²) in [7, 11) is 1.50. The molecule has 1 atom stereocenters. The molecular formula is C6H12N3O2PW. The van der Waals surface area contributed by atoms with Gasteiger partial charge in [0.15, 0.2) is 0 Å². The van der Waals surface area contributed by atoms with E-state index in [-0.39, 0.29) is 6.04 Å². The van der Waals surface area contributed by atoms with E-state index in [2.05, 4.69) is 10.3 Å². The summed E-state index contributed by atoms with van der Waals surface area (Å²) in [6.45, 7) is 4.01. The molecule has 1 aromatic heterocycles. The first-order valence-electron chi connectivity index (χ1n) is 3.78. The molecular weight excluding hydrogens is 361 g/mol. The van der Waals surface area contributed by atoms with Crippen LogP contribution >= 0.6 is 5.35 Å². The van der Waals surface area contributed by atoms with E-state index >= 15 is 0 Å². The fourth-order valence-corrected chi connectivity index (χ4v) is 2.25. The summed E-state index contributed by atoms with van der Waals surface area (Å²) in [5.41, 5.74) is 0.568. The molecule has 0 aliphatic heterocycles. The Balaban J connectivity index is 2.99. The van der Waals surface area contributed by atoms with Crippen LogP contribution in [0.3, 0.4) is 0 Å². The molecule has 1 rings (SSSR count). The van der Waals surface area contributed by atoms with Crippen molar-refractivity contribution in [2.24, 2.45) is 0 Å².